The first-order valence-corrected chi connectivity index (χ1v) is 8.62. The summed E-state index contributed by atoms with van der Waals surface area (Å²) in [5.74, 6) is -0.225. The molecular weight excluding hydrogens is 435 g/mol. The van der Waals surface area contributed by atoms with E-state index in [-0.39, 0.29) is 16.8 Å². The van der Waals surface area contributed by atoms with Gasteiger partial charge in [-0.3, -0.25) is 10.1 Å². The molecule has 0 atom stereocenters. The van der Waals surface area contributed by atoms with E-state index in [1.807, 2.05) is 42.5 Å². The predicted molar refractivity (Wildman–Crippen MR) is 108 cm³/mol. The molecule has 0 aromatic heterocycles. The highest BCUT2D eigenvalue weighted by molar-refractivity contribution is 14.1. The second kappa shape index (κ2) is 7.14. The van der Waals surface area contributed by atoms with E-state index in [1.165, 1.54) is 0 Å². The number of nitrogens with one attached hydrogen (secondary N) is 2. The largest absolute Gasteiger partial charge is 0.506 e. The van der Waals surface area contributed by atoms with E-state index in [0.29, 0.717) is 11.3 Å². The first-order chi connectivity index (χ1) is 11.6. The lowest BCUT2D eigenvalue weighted by Crippen LogP contribution is -2.34. The molecular formula is C18H13IN2O2S. The fourth-order valence-electron chi connectivity index (χ4n) is 2.35. The zero-order chi connectivity index (χ0) is 17.1. The number of benzene rings is 3. The molecule has 0 fully saturated rings. The molecule has 0 heterocycles. The minimum Gasteiger partial charge on any atom is -0.506 e. The highest BCUT2D eigenvalue weighted by atomic mass is 127. The molecule has 6 heteroatoms. The summed E-state index contributed by atoms with van der Waals surface area (Å²) in [5, 5.41) is 17.6. The van der Waals surface area contributed by atoms with Crippen LogP contribution in [0.4, 0.5) is 5.69 Å². The highest BCUT2D eigenvalue weighted by Crippen LogP contribution is 2.32. The smallest absolute Gasteiger partial charge is 0.258 e. The van der Waals surface area contributed by atoms with Crippen LogP contribution in [-0.2, 0) is 0 Å². The average Bonchev–Trinajstić information content (AvgIpc) is 2.58. The normalized spacial score (nSPS) is 10.4. The number of anilines is 1. The van der Waals surface area contributed by atoms with Crippen molar-refractivity contribution in [3.8, 4) is 5.75 Å². The van der Waals surface area contributed by atoms with Crippen molar-refractivity contribution in [3.05, 3.63) is 69.8 Å². The molecule has 0 unspecified atom stereocenters. The van der Waals surface area contributed by atoms with Gasteiger partial charge in [-0.15, -0.1) is 0 Å². The van der Waals surface area contributed by atoms with Crippen molar-refractivity contribution in [1.82, 2.24) is 5.32 Å². The zero-order valence-corrected chi connectivity index (χ0v) is 15.4. The molecule has 0 aliphatic rings. The molecule has 120 valence electrons. The highest BCUT2D eigenvalue weighted by Gasteiger charge is 2.13. The van der Waals surface area contributed by atoms with E-state index in [1.54, 1.807) is 18.2 Å². The summed E-state index contributed by atoms with van der Waals surface area (Å²) in [5.41, 5.74) is 1.02. The van der Waals surface area contributed by atoms with Crippen molar-refractivity contribution in [3.63, 3.8) is 0 Å². The summed E-state index contributed by atoms with van der Waals surface area (Å²) >= 11 is 7.32. The Labute approximate surface area is 158 Å². The van der Waals surface area contributed by atoms with Crippen molar-refractivity contribution in [1.29, 1.82) is 0 Å². The lowest BCUT2D eigenvalue weighted by Gasteiger charge is -2.13. The van der Waals surface area contributed by atoms with Gasteiger partial charge in [-0.25, -0.2) is 0 Å². The number of thiocarbonyl (C=S) groups is 1. The molecule has 0 bridgehead atoms. The van der Waals surface area contributed by atoms with Gasteiger partial charge in [0.15, 0.2) is 5.11 Å². The number of carbonyl (C=O) groups is 1. The Hall–Kier alpha value is -2.19. The van der Waals surface area contributed by atoms with Crippen molar-refractivity contribution in [2.45, 2.75) is 0 Å². The van der Waals surface area contributed by atoms with E-state index >= 15 is 0 Å². The Bertz CT molecular complexity index is 943. The molecule has 0 saturated heterocycles. The third-order valence-corrected chi connectivity index (χ3v) is 4.64. The maximum atomic E-state index is 12.3. The van der Waals surface area contributed by atoms with Gasteiger partial charge in [0, 0.05) is 8.96 Å². The Morgan fingerprint density at radius 1 is 1.00 bits per heavy atom. The Balaban J connectivity index is 1.82. The summed E-state index contributed by atoms with van der Waals surface area (Å²) in [4.78, 5) is 12.3. The molecule has 24 heavy (non-hydrogen) atoms. The lowest BCUT2D eigenvalue weighted by atomic mass is 10.1. The summed E-state index contributed by atoms with van der Waals surface area (Å²) in [6, 6.07) is 18.3. The predicted octanol–water partition coefficient (Wildman–Crippen LogP) is 4.28. The minimum absolute atomic E-state index is 0.0691. The van der Waals surface area contributed by atoms with Crippen LogP contribution in [0.5, 0.6) is 5.75 Å². The Morgan fingerprint density at radius 2 is 1.71 bits per heavy atom. The molecule has 3 rings (SSSR count). The van der Waals surface area contributed by atoms with E-state index in [4.69, 9.17) is 12.2 Å². The van der Waals surface area contributed by atoms with Gasteiger partial charge in [0.05, 0.1) is 11.3 Å². The number of phenols is 1. The van der Waals surface area contributed by atoms with E-state index < -0.39 is 0 Å². The molecule has 1 amide bonds. The number of aromatic hydroxyl groups is 1. The SMILES string of the molecule is O=C(NC(=S)Nc1c(O)ccc2ccccc12)c1ccccc1I. The third-order valence-electron chi connectivity index (χ3n) is 3.49. The number of amides is 1. The average molecular weight is 448 g/mol. The lowest BCUT2D eigenvalue weighted by molar-refractivity contribution is 0.0977. The van der Waals surface area contributed by atoms with Crippen LogP contribution in [0.15, 0.2) is 60.7 Å². The van der Waals surface area contributed by atoms with Gasteiger partial charge < -0.3 is 10.4 Å². The van der Waals surface area contributed by atoms with Crippen molar-refractivity contribution < 1.29 is 9.90 Å². The minimum atomic E-state index is -0.294. The van der Waals surface area contributed by atoms with Crippen LogP contribution in [-0.4, -0.2) is 16.1 Å². The maximum absolute atomic E-state index is 12.3. The fourth-order valence-corrected chi connectivity index (χ4v) is 3.18. The van der Waals surface area contributed by atoms with Gasteiger partial charge in [-0.05, 0) is 58.4 Å². The summed E-state index contributed by atoms with van der Waals surface area (Å²) in [7, 11) is 0. The van der Waals surface area contributed by atoms with Gasteiger partial charge in [0.2, 0.25) is 0 Å². The molecule has 0 saturated carbocycles. The van der Waals surface area contributed by atoms with Gasteiger partial charge in [0.1, 0.15) is 5.75 Å². The van der Waals surface area contributed by atoms with Gasteiger partial charge in [-0.1, -0.05) is 42.5 Å². The molecule has 0 radical (unpaired) electrons. The number of hydrogen-bond acceptors (Lipinski definition) is 3. The van der Waals surface area contributed by atoms with Crippen LogP contribution in [0.1, 0.15) is 10.4 Å². The van der Waals surface area contributed by atoms with E-state index in [2.05, 4.69) is 33.2 Å². The van der Waals surface area contributed by atoms with Crippen LogP contribution >= 0.6 is 34.8 Å². The quantitative estimate of drug-likeness (QED) is 0.311. The first kappa shape index (κ1) is 16.7. The van der Waals surface area contributed by atoms with E-state index in [0.717, 1.165) is 14.3 Å². The molecule has 3 aromatic rings. The van der Waals surface area contributed by atoms with Crippen LogP contribution in [0, 0.1) is 3.57 Å². The van der Waals surface area contributed by atoms with Crippen molar-refractivity contribution >= 4 is 62.3 Å². The van der Waals surface area contributed by atoms with Crippen LogP contribution in [0.25, 0.3) is 10.8 Å². The number of halogens is 1. The summed E-state index contributed by atoms with van der Waals surface area (Å²) < 4.78 is 0.836. The first-order valence-electron chi connectivity index (χ1n) is 7.14. The van der Waals surface area contributed by atoms with Gasteiger partial charge in [0.25, 0.3) is 5.91 Å². The summed E-state index contributed by atoms with van der Waals surface area (Å²) in [6.45, 7) is 0. The Morgan fingerprint density at radius 3 is 2.50 bits per heavy atom. The molecule has 3 N–H and O–H groups in total. The zero-order valence-electron chi connectivity index (χ0n) is 12.4. The molecule has 0 aliphatic carbocycles. The molecule has 0 aliphatic heterocycles. The number of hydrogen-bond donors (Lipinski definition) is 3. The standard InChI is InChI=1S/C18H13IN2O2S/c19-14-8-4-3-7-13(14)17(23)21-18(24)20-16-12-6-2-1-5-11(12)9-10-15(16)22/h1-10,22H,(H2,20,21,23,24). The van der Waals surface area contributed by atoms with Crippen LogP contribution in [0.2, 0.25) is 0 Å². The van der Waals surface area contributed by atoms with Gasteiger partial charge >= 0.3 is 0 Å². The second-order valence-corrected chi connectivity index (χ2v) is 6.64. The fraction of sp³-hybridized carbons (Fsp3) is 0. The third kappa shape index (κ3) is 3.49. The molecule has 3 aromatic carbocycles. The van der Waals surface area contributed by atoms with Crippen LogP contribution in [0.3, 0.4) is 0 Å². The van der Waals surface area contributed by atoms with Gasteiger partial charge in [-0.2, -0.15) is 0 Å². The van der Waals surface area contributed by atoms with Crippen LogP contribution < -0.4 is 10.6 Å². The van der Waals surface area contributed by atoms with Crippen molar-refractivity contribution in [2.75, 3.05) is 5.32 Å². The topological polar surface area (TPSA) is 61.4 Å². The van der Waals surface area contributed by atoms with E-state index in [9.17, 15) is 9.90 Å². The Kier molecular flexibility index (Phi) is 4.96. The molecule has 0 spiro atoms. The number of phenolic OH excluding ortho intramolecular Hbond substituents is 1. The number of fused-ring (bicyclic) bond motifs is 1. The molecule has 4 nitrogen and oxygen atoms in total. The number of rotatable bonds is 2. The van der Waals surface area contributed by atoms with Crippen molar-refractivity contribution in [2.24, 2.45) is 0 Å². The maximum Gasteiger partial charge on any atom is 0.258 e. The summed E-state index contributed by atoms with van der Waals surface area (Å²) in [6.07, 6.45) is 0. The number of carbonyl (C=O) groups excluding carboxylic acids is 1. The monoisotopic (exact) mass is 448 g/mol. The second-order valence-electron chi connectivity index (χ2n) is 5.07.